The predicted octanol–water partition coefficient (Wildman–Crippen LogP) is 3.15. The van der Waals surface area contributed by atoms with E-state index in [2.05, 4.69) is 10.3 Å². The number of nitrogens with zero attached hydrogens (tertiary/aromatic N) is 1. The molecule has 1 fully saturated rings. The van der Waals surface area contributed by atoms with Gasteiger partial charge in [0.05, 0.1) is 5.54 Å². The number of hydrogen-bond acceptors (Lipinski definition) is 2. The zero-order valence-electron chi connectivity index (χ0n) is 10.3. The summed E-state index contributed by atoms with van der Waals surface area (Å²) in [6.07, 6.45) is 5.13. The van der Waals surface area contributed by atoms with Gasteiger partial charge in [0, 0.05) is 23.0 Å². The molecule has 0 radical (unpaired) electrons. The highest BCUT2D eigenvalue weighted by Gasteiger charge is 2.45. The minimum atomic E-state index is -0.245. The maximum atomic E-state index is 12.2. The second-order valence-corrected chi connectivity index (χ2v) is 5.22. The second kappa shape index (κ2) is 4.67. The summed E-state index contributed by atoms with van der Waals surface area (Å²) in [6.45, 7) is 0. The Morgan fingerprint density at radius 2 is 1.95 bits per heavy atom. The van der Waals surface area contributed by atoms with E-state index >= 15 is 0 Å². The molecule has 1 aliphatic carbocycles. The molecular formula is C15H13ClN2O. The molecule has 0 aliphatic heterocycles. The summed E-state index contributed by atoms with van der Waals surface area (Å²) in [6, 6.07) is 11.1. The van der Waals surface area contributed by atoms with E-state index in [4.69, 9.17) is 11.6 Å². The Morgan fingerprint density at radius 1 is 1.21 bits per heavy atom. The first-order valence-electron chi connectivity index (χ1n) is 6.18. The van der Waals surface area contributed by atoms with Crippen LogP contribution in [0.2, 0.25) is 5.02 Å². The van der Waals surface area contributed by atoms with Crippen LogP contribution in [-0.2, 0) is 5.54 Å². The average Bonchev–Trinajstić information content (AvgIpc) is 3.21. The number of rotatable bonds is 3. The standard InChI is InChI=1S/C15H13ClN2O/c16-13-3-1-2-12(10-13)15(6-7-15)18-14(19)11-4-8-17-9-5-11/h1-5,8-10H,6-7H2,(H,18,19). The molecule has 1 amide bonds. The Bertz CT molecular complexity index is 609. The molecule has 19 heavy (non-hydrogen) atoms. The number of pyridine rings is 1. The fraction of sp³-hybridized carbons (Fsp3) is 0.200. The summed E-state index contributed by atoms with van der Waals surface area (Å²) in [5.74, 6) is -0.0696. The zero-order valence-corrected chi connectivity index (χ0v) is 11.0. The van der Waals surface area contributed by atoms with Crippen LogP contribution in [0.4, 0.5) is 0 Å². The molecule has 1 aliphatic rings. The predicted molar refractivity (Wildman–Crippen MR) is 74.1 cm³/mol. The third-order valence-electron chi connectivity index (χ3n) is 3.42. The highest BCUT2D eigenvalue weighted by atomic mass is 35.5. The lowest BCUT2D eigenvalue weighted by molar-refractivity contribution is 0.0930. The fourth-order valence-corrected chi connectivity index (χ4v) is 2.38. The minimum absolute atomic E-state index is 0.0696. The number of benzene rings is 1. The van der Waals surface area contributed by atoms with Gasteiger partial charge in [0.15, 0.2) is 0 Å². The van der Waals surface area contributed by atoms with Crippen LogP contribution in [0, 0.1) is 0 Å². The van der Waals surface area contributed by atoms with Crippen LogP contribution < -0.4 is 5.32 Å². The Labute approximate surface area is 116 Å². The maximum absolute atomic E-state index is 12.2. The maximum Gasteiger partial charge on any atom is 0.252 e. The van der Waals surface area contributed by atoms with Crippen LogP contribution >= 0.6 is 11.6 Å². The van der Waals surface area contributed by atoms with Crippen LogP contribution in [0.1, 0.15) is 28.8 Å². The summed E-state index contributed by atoms with van der Waals surface area (Å²) in [7, 11) is 0. The molecule has 1 N–H and O–H groups in total. The number of carbonyl (C=O) groups excluding carboxylic acids is 1. The van der Waals surface area contributed by atoms with E-state index in [9.17, 15) is 4.79 Å². The molecule has 0 spiro atoms. The molecule has 1 heterocycles. The third-order valence-corrected chi connectivity index (χ3v) is 3.66. The highest BCUT2D eigenvalue weighted by Crippen LogP contribution is 2.46. The van der Waals surface area contributed by atoms with Crippen LogP contribution in [0.3, 0.4) is 0 Å². The summed E-state index contributed by atoms with van der Waals surface area (Å²) < 4.78 is 0. The van der Waals surface area contributed by atoms with Crippen molar-refractivity contribution in [3.63, 3.8) is 0 Å². The van der Waals surface area contributed by atoms with Gasteiger partial charge in [-0.3, -0.25) is 9.78 Å². The topological polar surface area (TPSA) is 42.0 Å². The zero-order chi connectivity index (χ0) is 13.3. The van der Waals surface area contributed by atoms with Gasteiger partial charge in [-0.25, -0.2) is 0 Å². The van der Waals surface area contributed by atoms with Crippen LogP contribution in [0.25, 0.3) is 0 Å². The van der Waals surface area contributed by atoms with E-state index in [1.807, 2.05) is 24.3 Å². The molecule has 3 nitrogen and oxygen atoms in total. The summed E-state index contributed by atoms with van der Waals surface area (Å²) in [4.78, 5) is 16.1. The highest BCUT2D eigenvalue weighted by molar-refractivity contribution is 6.30. The number of carbonyl (C=O) groups is 1. The quantitative estimate of drug-likeness (QED) is 0.933. The van der Waals surface area contributed by atoms with Gasteiger partial charge in [-0.15, -0.1) is 0 Å². The molecule has 0 saturated heterocycles. The van der Waals surface area contributed by atoms with Gasteiger partial charge in [0.25, 0.3) is 5.91 Å². The molecule has 0 bridgehead atoms. The van der Waals surface area contributed by atoms with Crippen molar-refractivity contribution in [2.75, 3.05) is 0 Å². The van der Waals surface area contributed by atoms with Crippen molar-refractivity contribution in [2.45, 2.75) is 18.4 Å². The molecule has 0 unspecified atom stereocenters. The first kappa shape index (κ1) is 12.2. The van der Waals surface area contributed by atoms with Crippen molar-refractivity contribution >= 4 is 17.5 Å². The SMILES string of the molecule is O=C(NC1(c2cccc(Cl)c2)CC1)c1ccncc1. The second-order valence-electron chi connectivity index (χ2n) is 4.78. The lowest BCUT2D eigenvalue weighted by Crippen LogP contribution is -2.34. The molecule has 3 rings (SSSR count). The van der Waals surface area contributed by atoms with Gasteiger partial charge in [-0.05, 0) is 42.7 Å². The molecule has 0 atom stereocenters. The first-order chi connectivity index (χ1) is 9.20. The number of hydrogen-bond donors (Lipinski definition) is 1. The molecule has 4 heteroatoms. The smallest absolute Gasteiger partial charge is 0.252 e. The van der Waals surface area contributed by atoms with Crippen LogP contribution in [0.5, 0.6) is 0 Å². The monoisotopic (exact) mass is 272 g/mol. The van der Waals surface area contributed by atoms with E-state index in [0.717, 1.165) is 18.4 Å². The first-order valence-corrected chi connectivity index (χ1v) is 6.56. The van der Waals surface area contributed by atoms with E-state index in [1.54, 1.807) is 24.5 Å². The lowest BCUT2D eigenvalue weighted by atomic mass is 10.0. The van der Waals surface area contributed by atoms with E-state index < -0.39 is 0 Å². The van der Waals surface area contributed by atoms with Crippen molar-refractivity contribution in [1.82, 2.24) is 10.3 Å². The Hall–Kier alpha value is -1.87. The van der Waals surface area contributed by atoms with Gasteiger partial charge in [-0.2, -0.15) is 0 Å². The fourth-order valence-electron chi connectivity index (χ4n) is 2.19. The van der Waals surface area contributed by atoms with E-state index in [-0.39, 0.29) is 11.4 Å². The summed E-state index contributed by atoms with van der Waals surface area (Å²) in [5, 5.41) is 3.80. The molecule has 96 valence electrons. The van der Waals surface area contributed by atoms with Gasteiger partial charge in [0.2, 0.25) is 0 Å². The van der Waals surface area contributed by atoms with Crippen molar-refractivity contribution < 1.29 is 4.79 Å². The molecular weight excluding hydrogens is 260 g/mol. The van der Waals surface area contributed by atoms with E-state index in [1.165, 1.54) is 0 Å². The normalized spacial score (nSPS) is 15.8. The summed E-state index contributed by atoms with van der Waals surface area (Å²) in [5.41, 5.74) is 1.45. The number of amides is 1. The largest absolute Gasteiger partial charge is 0.343 e. The lowest BCUT2D eigenvalue weighted by Gasteiger charge is -2.18. The Balaban J connectivity index is 1.82. The minimum Gasteiger partial charge on any atom is -0.343 e. The Kier molecular flexibility index (Phi) is 2.99. The average molecular weight is 273 g/mol. The van der Waals surface area contributed by atoms with Crippen LogP contribution in [-0.4, -0.2) is 10.9 Å². The van der Waals surface area contributed by atoms with Crippen LogP contribution in [0.15, 0.2) is 48.8 Å². The number of halogens is 1. The third kappa shape index (κ3) is 2.47. The Morgan fingerprint density at radius 3 is 2.58 bits per heavy atom. The van der Waals surface area contributed by atoms with Crippen molar-refractivity contribution in [2.24, 2.45) is 0 Å². The van der Waals surface area contributed by atoms with Crippen molar-refractivity contribution in [3.8, 4) is 0 Å². The van der Waals surface area contributed by atoms with Gasteiger partial charge in [0.1, 0.15) is 0 Å². The molecule has 2 aromatic rings. The number of aromatic nitrogens is 1. The molecule has 1 saturated carbocycles. The van der Waals surface area contributed by atoms with Gasteiger partial charge < -0.3 is 5.32 Å². The van der Waals surface area contributed by atoms with E-state index in [0.29, 0.717) is 10.6 Å². The summed E-state index contributed by atoms with van der Waals surface area (Å²) >= 11 is 6.01. The van der Waals surface area contributed by atoms with Gasteiger partial charge in [-0.1, -0.05) is 23.7 Å². The van der Waals surface area contributed by atoms with Crippen molar-refractivity contribution in [1.29, 1.82) is 0 Å². The van der Waals surface area contributed by atoms with Gasteiger partial charge >= 0.3 is 0 Å². The molecule has 1 aromatic heterocycles. The molecule has 1 aromatic carbocycles. The number of nitrogens with one attached hydrogen (secondary N) is 1. The van der Waals surface area contributed by atoms with Crippen molar-refractivity contribution in [3.05, 3.63) is 64.9 Å².